The van der Waals surface area contributed by atoms with Crippen LogP contribution in [0.2, 0.25) is 0 Å². The van der Waals surface area contributed by atoms with Crippen molar-refractivity contribution in [2.45, 2.75) is 16.3 Å². The molecule has 0 spiro atoms. The van der Waals surface area contributed by atoms with Crippen molar-refractivity contribution in [1.29, 1.82) is 0 Å². The van der Waals surface area contributed by atoms with Crippen LogP contribution in [0.4, 0.5) is 0 Å². The summed E-state index contributed by atoms with van der Waals surface area (Å²) in [5.41, 5.74) is -0.437. The van der Waals surface area contributed by atoms with E-state index in [0.717, 1.165) is 17.3 Å². The van der Waals surface area contributed by atoms with E-state index in [4.69, 9.17) is 9.47 Å². The van der Waals surface area contributed by atoms with Crippen molar-refractivity contribution in [3.8, 4) is 0 Å². The van der Waals surface area contributed by atoms with E-state index in [1.165, 1.54) is 28.5 Å². The zero-order valence-corrected chi connectivity index (χ0v) is 15.4. The molecule has 0 aromatic carbocycles. The molecule has 0 radical (unpaired) electrons. The topological polar surface area (TPSA) is 129 Å². The number of hydrogen-bond acceptors (Lipinski definition) is 10. The molecule has 0 aliphatic carbocycles. The number of ether oxygens (including phenoxy) is 2. The van der Waals surface area contributed by atoms with E-state index in [0.29, 0.717) is 10.9 Å². The number of aryl methyl sites for hydroxylation is 1. The van der Waals surface area contributed by atoms with E-state index in [1.54, 1.807) is 7.05 Å². The summed E-state index contributed by atoms with van der Waals surface area (Å²) in [6, 6.07) is 0. The summed E-state index contributed by atoms with van der Waals surface area (Å²) in [5.74, 6) is -0.847. The molecule has 13 heteroatoms. The lowest BCUT2D eigenvalue weighted by Crippen LogP contribution is -2.80. The molecule has 3 aliphatic rings. The smallest absolute Gasteiger partial charge is 0.355 e. The summed E-state index contributed by atoms with van der Waals surface area (Å²) in [4.78, 5) is 38.3. The molecule has 0 bridgehead atoms. The molecule has 0 saturated carbocycles. The van der Waals surface area contributed by atoms with Crippen LogP contribution >= 0.6 is 23.5 Å². The van der Waals surface area contributed by atoms with Crippen LogP contribution in [-0.4, -0.2) is 79.2 Å². The van der Waals surface area contributed by atoms with Crippen molar-refractivity contribution in [3.63, 3.8) is 0 Å². The Labute approximate surface area is 155 Å². The molecular weight excluding hydrogens is 384 g/mol. The summed E-state index contributed by atoms with van der Waals surface area (Å²) in [6.45, 7) is 0.201. The fraction of sp³-hybridized carbons (Fsp3) is 0.538. The lowest BCUT2D eigenvalue weighted by molar-refractivity contribution is -0.191. The van der Waals surface area contributed by atoms with Gasteiger partial charge in [0, 0.05) is 25.5 Å². The molecule has 1 aromatic rings. The van der Waals surface area contributed by atoms with E-state index < -0.39 is 28.9 Å². The van der Waals surface area contributed by atoms with Gasteiger partial charge in [-0.15, -0.1) is 16.9 Å². The lowest BCUT2D eigenvalue weighted by Gasteiger charge is -2.55. The monoisotopic (exact) mass is 398 g/mol. The zero-order chi connectivity index (χ0) is 18.5. The Morgan fingerprint density at radius 1 is 1.54 bits per heavy atom. The third kappa shape index (κ3) is 2.41. The highest BCUT2D eigenvalue weighted by Gasteiger charge is 2.67. The van der Waals surface area contributed by atoms with Gasteiger partial charge in [0.2, 0.25) is 11.1 Å². The third-order valence-corrected chi connectivity index (χ3v) is 6.63. The van der Waals surface area contributed by atoms with Gasteiger partial charge in [-0.3, -0.25) is 14.5 Å². The average molecular weight is 398 g/mol. The largest absolute Gasteiger partial charge is 0.456 e. The van der Waals surface area contributed by atoms with Crippen molar-refractivity contribution < 1.29 is 23.9 Å². The second-order valence-corrected chi connectivity index (χ2v) is 7.74. The Morgan fingerprint density at radius 3 is 3.04 bits per heavy atom. The van der Waals surface area contributed by atoms with Crippen LogP contribution in [0.25, 0.3) is 0 Å². The summed E-state index contributed by atoms with van der Waals surface area (Å²) < 4.78 is 11.8. The Kier molecular flexibility index (Phi) is 4.16. The van der Waals surface area contributed by atoms with Gasteiger partial charge in [0.1, 0.15) is 17.7 Å². The van der Waals surface area contributed by atoms with Gasteiger partial charge in [0.05, 0.1) is 5.75 Å². The number of esters is 1. The predicted molar refractivity (Wildman–Crippen MR) is 88.5 cm³/mol. The van der Waals surface area contributed by atoms with E-state index >= 15 is 0 Å². The van der Waals surface area contributed by atoms with Crippen molar-refractivity contribution in [1.82, 2.24) is 30.4 Å². The molecule has 1 aromatic heterocycles. The first-order valence-corrected chi connectivity index (χ1v) is 9.57. The van der Waals surface area contributed by atoms with Gasteiger partial charge in [-0.25, -0.2) is 9.48 Å². The summed E-state index contributed by atoms with van der Waals surface area (Å²) in [5, 5.41) is 13.6. The fourth-order valence-electron chi connectivity index (χ4n) is 2.98. The van der Waals surface area contributed by atoms with Gasteiger partial charge in [-0.2, -0.15) is 0 Å². The first-order chi connectivity index (χ1) is 12.5. The van der Waals surface area contributed by atoms with Crippen molar-refractivity contribution in [2.24, 2.45) is 7.05 Å². The number of fused-ring (bicyclic) bond motifs is 2. The Balaban J connectivity index is 1.47. The second kappa shape index (κ2) is 6.25. The third-order valence-electron chi connectivity index (χ3n) is 4.24. The molecule has 2 atom stereocenters. The number of aromatic nitrogens is 4. The number of carbonyl (C=O) groups is 3. The van der Waals surface area contributed by atoms with Crippen LogP contribution in [0.1, 0.15) is 0 Å². The highest BCUT2D eigenvalue weighted by molar-refractivity contribution is 8.00. The van der Waals surface area contributed by atoms with E-state index in [2.05, 4.69) is 20.8 Å². The normalized spacial score (nSPS) is 27.0. The van der Waals surface area contributed by atoms with Crippen molar-refractivity contribution in [2.75, 3.05) is 25.2 Å². The molecule has 3 aliphatic heterocycles. The number of thioether (sulfide) groups is 2. The van der Waals surface area contributed by atoms with Crippen LogP contribution in [0.15, 0.2) is 16.4 Å². The maximum Gasteiger partial charge on any atom is 0.355 e. The Morgan fingerprint density at radius 2 is 2.35 bits per heavy atom. The van der Waals surface area contributed by atoms with Crippen molar-refractivity contribution >= 4 is 41.3 Å². The van der Waals surface area contributed by atoms with Crippen LogP contribution < -0.4 is 5.32 Å². The quantitative estimate of drug-likeness (QED) is 0.270. The molecule has 4 rings (SSSR count). The van der Waals surface area contributed by atoms with Gasteiger partial charge in [0.15, 0.2) is 0 Å². The molecule has 138 valence electrons. The predicted octanol–water partition coefficient (Wildman–Crippen LogP) is -1.51. The van der Waals surface area contributed by atoms with Crippen molar-refractivity contribution in [3.05, 3.63) is 11.3 Å². The number of hydrogen-bond donors (Lipinski definition) is 1. The number of nitrogens with one attached hydrogen (secondary N) is 1. The van der Waals surface area contributed by atoms with Gasteiger partial charge in [0.25, 0.3) is 11.6 Å². The van der Waals surface area contributed by atoms with Crippen LogP contribution in [0.5, 0.6) is 0 Å². The van der Waals surface area contributed by atoms with Gasteiger partial charge in [-0.05, 0) is 10.4 Å². The van der Waals surface area contributed by atoms with E-state index in [1.807, 2.05) is 0 Å². The summed E-state index contributed by atoms with van der Waals surface area (Å²) >= 11 is 2.56. The molecule has 26 heavy (non-hydrogen) atoms. The van der Waals surface area contributed by atoms with E-state index in [9.17, 15) is 14.4 Å². The van der Waals surface area contributed by atoms with Crippen LogP contribution in [0.3, 0.4) is 0 Å². The molecule has 1 N–H and O–H groups in total. The number of methoxy groups -OCH3 is 1. The number of β-lactam (4-membered cyclic amide) rings is 1. The van der Waals surface area contributed by atoms with E-state index in [-0.39, 0.29) is 18.1 Å². The van der Waals surface area contributed by atoms with Gasteiger partial charge < -0.3 is 14.8 Å². The zero-order valence-electron chi connectivity index (χ0n) is 13.8. The first kappa shape index (κ1) is 17.3. The maximum absolute atomic E-state index is 12.7. The number of amides is 2. The van der Waals surface area contributed by atoms with Gasteiger partial charge in [-0.1, -0.05) is 11.8 Å². The fourth-order valence-corrected chi connectivity index (χ4v) is 5.05. The molecular formula is C13H14N6O5S2. The second-order valence-electron chi connectivity index (χ2n) is 5.73. The number of nitrogens with zero attached hydrogens (tertiary/aromatic N) is 5. The lowest BCUT2D eigenvalue weighted by atomic mass is 9.99. The average Bonchev–Trinajstić information content (AvgIpc) is 3.22. The van der Waals surface area contributed by atoms with Crippen LogP contribution in [-0.2, 0) is 30.9 Å². The SMILES string of the molecule is CO[C@@]1(NC(=O)CSc2nnnn2C)C(=O)N2C3=C(COC3=O)CS[C@@H]21. The molecule has 2 amide bonds. The van der Waals surface area contributed by atoms with Crippen LogP contribution in [0, 0.1) is 0 Å². The Bertz CT molecular complexity index is 841. The minimum atomic E-state index is -1.50. The highest BCUT2D eigenvalue weighted by Crippen LogP contribution is 2.48. The first-order valence-electron chi connectivity index (χ1n) is 7.53. The molecule has 0 unspecified atom stereocenters. The molecule has 4 heterocycles. The minimum absolute atomic E-state index is 0.0139. The summed E-state index contributed by atoms with van der Waals surface area (Å²) in [7, 11) is 3.02. The number of tetrazole rings is 1. The Hall–Kier alpha value is -2.12. The number of cyclic esters (lactones) is 1. The minimum Gasteiger partial charge on any atom is -0.456 e. The molecule has 11 nitrogen and oxygen atoms in total. The number of rotatable bonds is 5. The molecule has 1 saturated heterocycles. The standard InChI is InChI=1S/C13H14N6O5S2/c1-18-12(15-16-17-18)26-5-7(20)14-13(23-2)10(22)19-8-6(3-24-9(8)21)4-25-11(13)19/h11H,3-5H2,1-2H3,(H,14,20)/t11-,13+/m1/s1. The highest BCUT2D eigenvalue weighted by atomic mass is 32.2. The molecule has 1 fully saturated rings. The van der Waals surface area contributed by atoms with Gasteiger partial charge >= 0.3 is 5.97 Å². The maximum atomic E-state index is 12.7. The number of carbonyl (C=O) groups excluding carboxylic acids is 3. The summed E-state index contributed by atoms with van der Waals surface area (Å²) in [6.07, 6.45) is 0.